The second-order valence-corrected chi connectivity index (χ2v) is 36.3. The molecular weight excluding hydrogens is 1700 g/mol. The maximum absolute atomic E-state index is 6.81. The minimum Gasteiger partial charge on any atom is -0.455 e. The second kappa shape index (κ2) is 30.4. The molecule has 0 aliphatic rings. The molecule has 0 radical (unpaired) electrons. The molecule has 0 bridgehead atoms. The summed E-state index contributed by atoms with van der Waals surface area (Å²) >= 11 is 3.72. The number of rotatable bonds is 9. The van der Waals surface area contributed by atoms with Crippen molar-refractivity contribution < 1.29 is 17.7 Å². The van der Waals surface area contributed by atoms with Crippen molar-refractivity contribution in [1.29, 1.82) is 0 Å². The number of furan rings is 4. The molecule has 12 aromatic heterocycles. The van der Waals surface area contributed by atoms with Crippen molar-refractivity contribution in [2.45, 2.75) is 0 Å². The van der Waals surface area contributed by atoms with Gasteiger partial charge in [0, 0.05) is 116 Å². The highest BCUT2D eigenvalue weighted by Crippen LogP contribution is 2.49. The van der Waals surface area contributed by atoms with Crippen LogP contribution in [-0.4, -0.2) is 43.6 Å². The summed E-state index contributed by atoms with van der Waals surface area (Å²) in [4.78, 5) is 28.4. The minimum atomic E-state index is 0.655. The monoisotopic (exact) mass is 1760 g/mol. The van der Waals surface area contributed by atoms with Crippen LogP contribution in [0.4, 0.5) is 0 Å². The summed E-state index contributed by atoms with van der Waals surface area (Å²) in [6.45, 7) is 0. The Kier molecular flexibility index (Phi) is 17.2. The van der Waals surface area contributed by atoms with Gasteiger partial charge in [-0.15, -0.1) is 22.7 Å². The van der Waals surface area contributed by atoms with Crippen LogP contribution in [0.3, 0.4) is 0 Å². The molecule has 0 fully saturated rings. The number of thiophene rings is 2. The molecule has 13 nitrogen and oxygen atoms in total. The Morgan fingerprint density at radius 1 is 0.193 bits per heavy atom. The molecule has 0 N–H and O–H groups in total. The van der Waals surface area contributed by atoms with Gasteiger partial charge < -0.3 is 22.2 Å². The summed E-state index contributed by atoms with van der Waals surface area (Å²) in [5.74, 6) is 1.48. The maximum atomic E-state index is 6.81. The number of benzene rings is 18. The van der Waals surface area contributed by atoms with E-state index in [9.17, 15) is 0 Å². The van der Waals surface area contributed by atoms with Gasteiger partial charge in [0.05, 0.1) is 33.1 Å². The van der Waals surface area contributed by atoms with E-state index in [2.05, 4.69) is 378 Å². The van der Waals surface area contributed by atoms with Crippen LogP contribution in [0, 0.1) is 0 Å². The number of nitrogens with zero attached hydrogens (tertiary/aromatic N) is 9. The first kappa shape index (κ1) is 76.1. The van der Waals surface area contributed by atoms with Gasteiger partial charge in [-0.3, -0.25) is 9.13 Å². The summed E-state index contributed by atoms with van der Waals surface area (Å²) in [7, 11) is 0. The van der Waals surface area contributed by atoms with Gasteiger partial charge in [0.15, 0.2) is 28.4 Å². The molecule has 135 heavy (non-hydrogen) atoms. The molecule has 15 heteroatoms. The second-order valence-electron chi connectivity index (χ2n) is 34.2. The van der Waals surface area contributed by atoms with E-state index in [1.807, 2.05) is 59.1 Å². The number of fused-ring (bicyclic) bond motifs is 27. The third kappa shape index (κ3) is 12.0. The van der Waals surface area contributed by atoms with Gasteiger partial charge in [-0.1, -0.05) is 285 Å². The molecule has 0 saturated heterocycles. The molecule has 0 amide bonds. The first-order valence-electron chi connectivity index (χ1n) is 45.0. The van der Waals surface area contributed by atoms with Crippen LogP contribution >= 0.6 is 22.7 Å². The molecule has 630 valence electrons. The van der Waals surface area contributed by atoms with Crippen molar-refractivity contribution in [2.75, 3.05) is 0 Å². The van der Waals surface area contributed by atoms with Crippen LogP contribution in [0.25, 0.3) is 278 Å². The Balaban J connectivity index is 0.000000101. The molecule has 0 unspecified atom stereocenters. The summed E-state index contributed by atoms with van der Waals surface area (Å²) < 4.78 is 38.1. The standard InChI is InChI=1S/C40H24N4O.C40H23N3OS.C40H22N2O2S/c1-5-19-33-28(13-1)29-14-2-6-20-34(29)43(33)26-12-9-11-25(23-26)27-17-10-18-32-37-39(45-38(27)32)40(42-24-41-37)44-35-21-7-3-15-30(35)31-16-4-8-22-36(31)44;1-4-16-33-28(11-1)29-12-2-5-17-34(29)43(33)40-38-37(41-23-42-40)32-22-25(19-20-35(32)44-38)24-9-7-10-26(21-24)27-14-8-15-31-30-13-3-6-18-36(30)45-39(27)31;1-3-16-33-27(10-1)29-13-7-15-31(38(29)43-33)36-39-37(42-22-41-36)32-21-24(18-19-34(32)44-39)23-8-5-9-25(20-23)26-12-6-14-30-28-11-2-4-17-35(28)45-40(26)30/h1-24H;1-23H;1-22H. The number of hydrogen-bond donors (Lipinski definition) is 0. The normalized spacial score (nSPS) is 12.0. The average Bonchev–Trinajstić information content (AvgIpc) is 1.56. The Morgan fingerprint density at radius 3 is 1.05 bits per heavy atom. The molecule has 0 aliphatic heterocycles. The molecule has 0 saturated carbocycles. The SMILES string of the molecule is c1cc(-c2ccc3oc4c(-c5cccc6c5oc5ccccc56)ncnc4c3c2)cc(-c2cccc3c2sc2ccccc23)c1.c1cc(-c2ccc3oc4c(-n5c6ccccc6c6ccccc65)ncnc4c3c2)cc(-c2cccc3c2sc2ccccc23)c1.c1cc(-c2cccc3c2oc2c(-n4c5ccccc5c5ccccc54)ncnc23)cc(-n2c3ccccc3c3ccccc32)c1. The minimum absolute atomic E-state index is 0.655. The van der Waals surface area contributed by atoms with Crippen LogP contribution in [-0.2, 0) is 0 Å². The van der Waals surface area contributed by atoms with E-state index in [0.717, 1.165) is 155 Å². The summed E-state index contributed by atoms with van der Waals surface area (Å²) in [5.41, 5.74) is 29.4. The van der Waals surface area contributed by atoms with E-state index >= 15 is 0 Å². The van der Waals surface area contributed by atoms with Gasteiger partial charge in [-0.05, 0) is 165 Å². The van der Waals surface area contributed by atoms with Gasteiger partial charge in [0.1, 0.15) is 69.1 Å². The molecule has 12 heterocycles. The van der Waals surface area contributed by atoms with E-state index in [-0.39, 0.29) is 0 Å². The lowest BCUT2D eigenvalue weighted by Gasteiger charge is -2.10. The Hall–Kier alpha value is -17.8. The van der Waals surface area contributed by atoms with E-state index < -0.39 is 0 Å². The molecule has 30 rings (SSSR count). The smallest absolute Gasteiger partial charge is 0.197 e. The van der Waals surface area contributed by atoms with Crippen molar-refractivity contribution in [3.8, 4) is 84.2 Å². The van der Waals surface area contributed by atoms with Crippen molar-refractivity contribution in [3.63, 3.8) is 0 Å². The van der Waals surface area contributed by atoms with E-state index in [0.29, 0.717) is 16.7 Å². The highest BCUT2D eigenvalue weighted by molar-refractivity contribution is 7.26. The zero-order chi connectivity index (χ0) is 88.5. The van der Waals surface area contributed by atoms with Crippen LogP contribution in [0.1, 0.15) is 0 Å². The van der Waals surface area contributed by atoms with Crippen LogP contribution in [0.5, 0.6) is 0 Å². The molecule has 0 atom stereocenters. The van der Waals surface area contributed by atoms with Crippen molar-refractivity contribution >= 4 is 217 Å². The van der Waals surface area contributed by atoms with Crippen LogP contribution in [0.15, 0.2) is 437 Å². The Morgan fingerprint density at radius 2 is 0.533 bits per heavy atom. The zero-order valence-electron chi connectivity index (χ0n) is 71.8. The molecule has 30 aromatic rings. The molecule has 18 aromatic carbocycles. The predicted octanol–water partition coefficient (Wildman–Crippen LogP) is 33.1. The topological polar surface area (TPSA) is 145 Å². The highest BCUT2D eigenvalue weighted by Gasteiger charge is 2.27. The molecule has 0 spiro atoms. The fourth-order valence-electron chi connectivity index (χ4n) is 20.8. The first-order chi connectivity index (χ1) is 67.0. The fourth-order valence-corrected chi connectivity index (χ4v) is 23.2. The Bertz CT molecular complexity index is 10000. The number of aromatic nitrogens is 9. The van der Waals surface area contributed by atoms with Gasteiger partial charge in [-0.2, -0.15) is 0 Å². The van der Waals surface area contributed by atoms with E-state index in [4.69, 9.17) is 47.6 Å². The predicted molar refractivity (Wildman–Crippen MR) is 557 cm³/mol. The van der Waals surface area contributed by atoms with Gasteiger partial charge in [0.2, 0.25) is 0 Å². The maximum Gasteiger partial charge on any atom is 0.197 e. The first-order valence-corrected chi connectivity index (χ1v) is 46.6. The lowest BCUT2D eigenvalue weighted by molar-refractivity contribution is 0.662. The summed E-state index contributed by atoms with van der Waals surface area (Å²) in [6, 6.07) is 141. The Labute approximate surface area is 775 Å². The number of para-hydroxylation sites is 9. The third-order valence-corrected chi connectivity index (χ3v) is 29.2. The lowest BCUT2D eigenvalue weighted by atomic mass is 9.97. The van der Waals surface area contributed by atoms with Crippen molar-refractivity contribution in [2.24, 2.45) is 0 Å². The summed E-state index contributed by atoms with van der Waals surface area (Å²) in [6.07, 6.45) is 4.91. The van der Waals surface area contributed by atoms with Gasteiger partial charge in [0.25, 0.3) is 0 Å². The molecular formula is C120H69N9O4S2. The van der Waals surface area contributed by atoms with Crippen LogP contribution in [0.2, 0.25) is 0 Å². The van der Waals surface area contributed by atoms with Crippen LogP contribution < -0.4 is 0 Å². The van der Waals surface area contributed by atoms with E-state index in [1.54, 1.807) is 19.0 Å². The van der Waals surface area contributed by atoms with Crippen molar-refractivity contribution in [3.05, 3.63) is 419 Å². The molecule has 0 aliphatic carbocycles. The lowest BCUT2D eigenvalue weighted by Crippen LogP contribution is -1.98. The highest BCUT2D eigenvalue weighted by atomic mass is 32.1. The van der Waals surface area contributed by atoms with Gasteiger partial charge in [-0.25, -0.2) is 29.9 Å². The number of hydrogen-bond acceptors (Lipinski definition) is 12. The third-order valence-electron chi connectivity index (χ3n) is 26.8. The average molecular weight is 1770 g/mol. The van der Waals surface area contributed by atoms with Gasteiger partial charge >= 0.3 is 0 Å². The zero-order valence-corrected chi connectivity index (χ0v) is 73.4. The van der Waals surface area contributed by atoms with E-state index in [1.165, 1.54) is 106 Å². The fraction of sp³-hybridized carbons (Fsp3) is 0. The quantitative estimate of drug-likeness (QED) is 0.137. The largest absolute Gasteiger partial charge is 0.455 e. The van der Waals surface area contributed by atoms with Crippen molar-refractivity contribution in [1.82, 2.24) is 43.6 Å². The summed E-state index contributed by atoms with van der Waals surface area (Å²) in [5, 5.41) is 17.5.